The van der Waals surface area contributed by atoms with Crippen LogP contribution in [0.5, 0.6) is 11.5 Å². The van der Waals surface area contributed by atoms with E-state index in [0.29, 0.717) is 36.2 Å². The van der Waals surface area contributed by atoms with Crippen molar-refractivity contribution in [3.8, 4) is 11.5 Å². The summed E-state index contributed by atoms with van der Waals surface area (Å²) >= 11 is 5.50. The number of methoxy groups -OCH3 is 2. The summed E-state index contributed by atoms with van der Waals surface area (Å²) in [6.45, 7) is 6.85. The van der Waals surface area contributed by atoms with Crippen LogP contribution in [0.2, 0.25) is 0 Å². The van der Waals surface area contributed by atoms with Crippen molar-refractivity contribution in [1.29, 1.82) is 0 Å². The van der Waals surface area contributed by atoms with Crippen molar-refractivity contribution in [3.63, 3.8) is 0 Å². The van der Waals surface area contributed by atoms with E-state index in [-0.39, 0.29) is 17.7 Å². The number of unbranched alkanes of at least 4 members (excludes halogenated alkanes) is 1. The summed E-state index contributed by atoms with van der Waals surface area (Å²) in [6, 6.07) is 5.82. The number of benzene rings is 1. The lowest BCUT2D eigenvalue weighted by Gasteiger charge is -2.22. The van der Waals surface area contributed by atoms with E-state index in [2.05, 4.69) is 22.5 Å². The highest BCUT2D eigenvalue weighted by Crippen LogP contribution is 2.41. The normalized spacial score (nSPS) is 18.9. The van der Waals surface area contributed by atoms with Gasteiger partial charge in [0, 0.05) is 37.7 Å². The summed E-state index contributed by atoms with van der Waals surface area (Å²) in [6.07, 6.45) is 2.03. The van der Waals surface area contributed by atoms with Gasteiger partial charge in [0.05, 0.1) is 20.1 Å². The summed E-state index contributed by atoms with van der Waals surface area (Å²) in [4.78, 5) is 15.0. The highest BCUT2D eigenvalue weighted by molar-refractivity contribution is 7.80. The Kier molecular flexibility index (Phi) is 8.16. The van der Waals surface area contributed by atoms with Crippen molar-refractivity contribution in [3.05, 3.63) is 23.8 Å². The minimum Gasteiger partial charge on any atom is -0.493 e. The van der Waals surface area contributed by atoms with Crippen LogP contribution in [0.25, 0.3) is 0 Å². The molecule has 7 heteroatoms. The first-order valence-corrected chi connectivity index (χ1v) is 9.99. The smallest absolute Gasteiger partial charge is 0.225 e. The van der Waals surface area contributed by atoms with Gasteiger partial charge in [-0.1, -0.05) is 25.5 Å². The Morgan fingerprint density at radius 1 is 1.22 bits per heavy atom. The number of ether oxygens (including phenoxy) is 2. The average Bonchev–Trinajstić information content (AvgIpc) is 3.13. The Hall–Kier alpha value is -2.02. The minimum absolute atomic E-state index is 0.0201. The van der Waals surface area contributed by atoms with Crippen LogP contribution in [0, 0.1) is 5.92 Å². The van der Waals surface area contributed by atoms with Crippen LogP contribution in [0.15, 0.2) is 18.2 Å². The van der Waals surface area contributed by atoms with Gasteiger partial charge in [-0.2, -0.15) is 0 Å². The van der Waals surface area contributed by atoms with E-state index in [9.17, 15) is 4.79 Å². The molecule has 27 heavy (non-hydrogen) atoms. The average molecular weight is 394 g/mol. The molecule has 150 valence electrons. The van der Waals surface area contributed by atoms with Crippen molar-refractivity contribution in [2.24, 2.45) is 5.92 Å². The molecule has 2 N–H and O–H groups in total. The van der Waals surface area contributed by atoms with Gasteiger partial charge in [-0.05, 0) is 31.6 Å². The first-order chi connectivity index (χ1) is 13.1. The number of hydrogen-bond acceptors (Lipinski definition) is 4. The molecule has 1 aliphatic rings. The van der Waals surface area contributed by atoms with Crippen molar-refractivity contribution >= 4 is 23.2 Å². The quantitative estimate of drug-likeness (QED) is 0.523. The molecule has 1 amide bonds. The lowest BCUT2D eigenvalue weighted by atomic mass is 9.87. The Balaban J connectivity index is 2.31. The van der Waals surface area contributed by atoms with Crippen molar-refractivity contribution in [2.75, 3.05) is 40.4 Å². The minimum atomic E-state index is -0.195. The number of amides is 1. The molecule has 1 aromatic carbocycles. The second-order valence-corrected chi connectivity index (χ2v) is 7.07. The largest absolute Gasteiger partial charge is 0.493 e. The molecule has 2 atom stereocenters. The van der Waals surface area contributed by atoms with Gasteiger partial charge >= 0.3 is 0 Å². The number of nitrogens with zero attached hydrogens (tertiary/aromatic N) is 1. The number of nitrogens with one attached hydrogen (secondary N) is 2. The fourth-order valence-electron chi connectivity index (χ4n) is 3.54. The SMILES string of the molecule is CCCCNC(=O)[C@H]1CN(C(=S)NCC)C[C@H]1c1cccc(OC)c1OC. The zero-order valence-corrected chi connectivity index (χ0v) is 17.5. The maximum absolute atomic E-state index is 12.9. The van der Waals surface area contributed by atoms with Crippen LogP contribution >= 0.6 is 12.2 Å². The lowest BCUT2D eigenvalue weighted by Crippen LogP contribution is -2.39. The standard InChI is InChI=1S/C20H31N3O3S/c1-5-7-11-22-19(24)16-13-23(20(27)21-6-2)12-15(16)14-9-8-10-17(25-3)18(14)26-4/h8-10,15-16H,5-7,11-13H2,1-4H3,(H,21,27)(H,22,24)/t15-,16-/m0/s1. The molecule has 1 fully saturated rings. The van der Waals surface area contributed by atoms with Crippen LogP contribution in [0.3, 0.4) is 0 Å². The third-order valence-corrected chi connectivity index (χ3v) is 5.34. The van der Waals surface area contributed by atoms with Crippen LogP contribution in [-0.2, 0) is 4.79 Å². The first kappa shape index (κ1) is 21.3. The third-order valence-electron chi connectivity index (χ3n) is 4.93. The predicted octanol–water partition coefficient (Wildman–Crippen LogP) is 2.53. The first-order valence-electron chi connectivity index (χ1n) is 9.58. The molecule has 1 saturated heterocycles. The molecule has 0 bridgehead atoms. The van der Waals surface area contributed by atoms with Crippen LogP contribution in [-0.4, -0.2) is 56.3 Å². The van der Waals surface area contributed by atoms with Crippen molar-refractivity contribution < 1.29 is 14.3 Å². The summed E-state index contributed by atoms with van der Waals surface area (Å²) in [5.41, 5.74) is 0.981. The second-order valence-electron chi connectivity index (χ2n) is 6.68. The molecule has 0 unspecified atom stereocenters. The summed E-state index contributed by atoms with van der Waals surface area (Å²) in [7, 11) is 3.26. The Morgan fingerprint density at radius 2 is 2.00 bits per heavy atom. The highest BCUT2D eigenvalue weighted by atomic mass is 32.1. The van der Waals surface area contributed by atoms with E-state index < -0.39 is 0 Å². The van der Waals surface area contributed by atoms with E-state index >= 15 is 0 Å². The predicted molar refractivity (Wildman–Crippen MR) is 112 cm³/mol. The summed E-state index contributed by atoms with van der Waals surface area (Å²) in [5.74, 6) is 1.22. The molecule has 1 heterocycles. The Morgan fingerprint density at radius 3 is 2.63 bits per heavy atom. The number of carbonyl (C=O) groups is 1. The molecule has 0 radical (unpaired) electrons. The van der Waals surface area contributed by atoms with Gasteiger partial charge in [-0.15, -0.1) is 0 Å². The van der Waals surface area contributed by atoms with Gasteiger partial charge in [-0.25, -0.2) is 0 Å². The van der Waals surface area contributed by atoms with E-state index in [4.69, 9.17) is 21.7 Å². The molecule has 0 aliphatic carbocycles. The number of thiocarbonyl (C=S) groups is 1. The van der Waals surface area contributed by atoms with Gasteiger partial charge in [0.1, 0.15) is 0 Å². The van der Waals surface area contributed by atoms with Gasteiger partial charge in [-0.3, -0.25) is 4.79 Å². The molecule has 1 aliphatic heterocycles. The molecular formula is C20H31N3O3S. The van der Waals surface area contributed by atoms with Crippen molar-refractivity contribution in [1.82, 2.24) is 15.5 Å². The monoisotopic (exact) mass is 393 g/mol. The van der Waals surface area contributed by atoms with Crippen LogP contribution in [0.1, 0.15) is 38.2 Å². The van der Waals surface area contributed by atoms with Crippen LogP contribution < -0.4 is 20.1 Å². The summed E-state index contributed by atoms with van der Waals surface area (Å²) in [5, 5.41) is 6.96. The lowest BCUT2D eigenvalue weighted by molar-refractivity contribution is -0.124. The zero-order chi connectivity index (χ0) is 19.8. The topological polar surface area (TPSA) is 62.8 Å². The Labute approximate surface area is 167 Å². The summed E-state index contributed by atoms with van der Waals surface area (Å²) < 4.78 is 11.1. The van der Waals surface area contributed by atoms with Gasteiger partial charge in [0.2, 0.25) is 5.91 Å². The molecule has 0 aromatic heterocycles. The number of carbonyl (C=O) groups excluding carboxylic acids is 1. The molecule has 6 nitrogen and oxygen atoms in total. The Bertz CT molecular complexity index is 653. The number of hydrogen-bond donors (Lipinski definition) is 2. The fraction of sp³-hybridized carbons (Fsp3) is 0.600. The maximum atomic E-state index is 12.9. The number of rotatable bonds is 8. The van der Waals surface area contributed by atoms with Gasteiger partial charge in [0.15, 0.2) is 16.6 Å². The van der Waals surface area contributed by atoms with E-state index in [0.717, 1.165) is 24.9 Å². The molecule has 2 rings (SSSR count). The second kappa shape index (κ2) is 10.3. The molecular weight excluding hydrogens is 362 g/mol. The number of likely N-dealkylation sites (tertiary alicyclic amines) is 1. The van der Waals surface area contributed by atoms with Crippen LogP contribution in [0.4, 0.5) is 0 Å². The van der Waals surface area contributed by atoms with E-state index in [1.54, 1.807) is 14.2 Å². The van der Waals surface area contributed by atoms with Gasteiger partial charge < -0.3 is 25.0 Å². The maximum Gasteiger partial charge on any atom is 0.225 e. The number of para-hydroxylation sites is 1. The molecule has 0 spiro atoms. The van der Waals surface area contributed by atoms with E-state index in [1.807, 2.05) is 25.1 Å². The highest BCUT2D eigenvalue weighted by Gasteiger charge is 2.41. The fourth-order valence-corrected chi connectivity index (χ4v) is 3.83. The zero-order valence-electron chi connectivity index (χ0n) is 16.7. The molecule has 0 saturated carbocycles. The molecule has 1 aromatic rings. The van der Waals surface area contributed by atoms with Gasteiger partial charge in [0.25, 0.3) is 0 Å². The van der Waals surface area contributed by atoms with Crippen molar-refractivity contribution in [2.45, 2.75) is 32.6 Å². The van der Waals surface area contributed by atoms with E-state index in [1.165, 1.54) is 0 Å². The third kappa shape index (κ3) is 5.03.